The first-order chi connectivity index (χ1) is 10.1. The van der Waals surface area contributed by atoms with Gasteiger partial charge in [0.1, 0.15) is 12.7 Å². The van der Waals surface area contributed by atoms with Crippen molar-refractivity contribution >= 4 is 5.91 Å². The summed E-state index contributed by atoms with van der Waals surface area (Å²) in [6.07, 6.45) is -0.881. The summed E-state index contributed by atoms with van der Waals surface area (Å²) < 4.78 is 10.9. The second-order valence-corrected chi connectivity index (χ2v) is 5.47. The second-order valence-electron chi connectivity index (χ2n) is 5.47. The van der Waals surface area contributed by atoms with E-state index in [4.69, 9.17) is 9.47 Å². The fourth-order valence-corrected chi connectivity index (χ4v) is 2.23. The predicted octanol–water partition coefficient (Wildman–Crippen LogP) is 1.12. The van der Waals surface area contributed by atoms with Crippen molar-refractivity contribution in [2.75, 3.05) is 26.3 Å². The normalized spacial score (nSPS) is 20.3. The molecule has 0 spiro atoms. The second kappa shape index (κ2) is 7.54. The highest BCUT2D eigenvalue weighted by Crippen LogP contribution is 2.10. The van der Waals surface area contributed by atoms with E-state index in [-0.39, 0.29) is 18.6 Å². The molecule has 0 radical (unpaired) electrons. The van der Waals surface area contributed by atoms with Gasteiger partial charge in [-0.25, -0.2) is 0 Å². The molecule has 1 aliphatic heterocycles. The fraction of sp³-hybridized carbons (Fsp3) is 0.562. The average Bonchev–Trinajstić information content (AvgIpc) is 2.49. The van der Waals surface area contributed by atoms with Crippen LogP contribution in [-0.2, 0) is 20.9 Å². The Morgan fingerprint density at radius 1 is 1.48 bits per heavy atom. The summed E-state index contributed by atoms with van der Waals surface area (Å²) in [5.41, 5.74) is 2.25. The van der Waals surface area contributed by atoms with Crippen molar-refractivity contribution in [3.05, 3.63) is 35.4 Å². The molecule has 0 aliphatic carbocycles. The molecule has 2 atom stereocenters. The van der Waals surface area contributed by atoms with Crippen LogP contribution in [0.1, 0.15) is 18.1 Å². The van der Waals surface area contributed by atoms with E-state index in [2.05, 4.69) is 0 Å². The van der Waals surface area contributed by atoms with Crippen molar-refractivity contribution in [1.29, 1.82) is 0 Å². The molecule has 1 amide bonds. The van der Waals surface area contributed by atoms with Gasteiger partial charge in [-0.3, -0.25) is 4.79 Å². The van der Waals surface area contributed by atoms with Crippen molar-refractivity contribution in [1.82, 2.24) is 4.90 Å². The standard InChI is InChI=1S/C16H23NO4/c1-12-3-5-14(6-4-12)10-20-11-16(19)17-7-8-21-15(9-17)13(2)18/h3-6,13,15,18H,7-11H2,1-2H3. The van der Waals surface area contributed by atoms with Crippen LogP contribution in [0.5, 0.6) is 0 Å². The van der Waals surface area contributed by atoms with E-state index >= 15 is 0 Å². The molecule has 1 aromatic rings. The summed E-state index contributed by atoms with van der Waals surface area (Å²) in [4.78, 5) is 13.8. The third kappa shape index (κ3) is 4.81. The van der Waals surface area contributed by atoms with E-state index in [9.17, 15) is 9.90 Å². The Hall–Kier alpha value is -1.43. The van der Waals surface area contributed by atoms with Crippen LogP contribution in [0.4, 0.5) is 0 Å². The maximum absolute atomic E-state index is 12.1. The minimum absolute atomic E-state index is 0.0560. The molecular weight excluding hydrogens is 270 g/mol. The Bertz CT molecular complexity index is 458. The molecule has 5 nitrogen and oxygen atoms in total. The summed E-state index contributed by atoms with van der Waals surface area (Å²) in [5, 5.41) is 9.53. The maximum Gasteiger partial charge on any atom is 0.248 e. The van der Waals surface area contributed by atoms with Crippen LogP contribution in [0.3, 0.4) is 0 Å². The first-order valence-corrected chi connectivity index (χ1v) is 7.27. The van der Waals surface area contributed by atoms with Gasteiger partial charge in [0.15, 0.2) is 0 Å². The number of benzene rings is 1. The van der Waals surface area contributed by atoms with Crippen LogP contribution in [0.2, 0.25) is 0 Å². The van der Waals surface area contributed by atoms with Crippen LogP contribution in [-0.4, -0.2) is 54.4 Å². The molecule has 1 aromatic carbocycles. The largest absolute Gasteiger partial charge is 0.391 e. The highest BCUT2D eigenvalue weighted by molar-refractivity contribution is 5.77. The van der Waals surface area contributed by atoms with Crippen molar-refractivity contribution in [3.63, 3.8) is 0 Å². The lowest BCUT2D eigenvalue weighted by atomic mass is 10.2. The first-order valence-electron chi connectivity index (χ1n) is 7.27. The number of carbonyl (C=O) groups is 1. The number of nitrogens with zero attached hydrogens (tertiary/aromatic N) is 1. The van der Waals surface area contributed by atoms with Crippen molar-refractivity contribution < 1.29 is 19.4 Å². The molecule has 1 saturated heterocycles. The van der Waals surface area contributed by atoms with Gasteiger partial charge in [-0.2, -0.15) is 0 Å². The minimum atomic E-state index is -0.575. The van der Waals surface area contributed by atoms with E-state index in [1.807, 2.05) is 31.2 Å². The molecule has 0 saturated carbocycles. The molecule has 0 aromatic heterocycles. The predicted molar refractivity (Wildman–Crippen MR) is 78.8 cm³/mol. The molecular formula is C16H23NO4. The summed E-state index contributed by atoms with van der Waals surface area (Å²) in [6, 6.07) is 8.04. The summed E-state index contributed by atoms with van der Waals surface area (Å²) in [5.74, 6) is -0.0592. The van der Waals surface area contributed by atoms with Crippen LogP contribution in [0.25, 0.3) is 0 Å². The van der Waals surface area contributed by atoms with E-state index < -0.39 is 6.10 Å². The Morgan fingerprint density at radius 2 is 2.19 bits per heavy atom. The van der Waals surface area contributed by atoms with Crippen LogP contribution in [0, 0.1) is 6.92 Å². The van der Waals surface area contributed by atoms with E-state index in [1.54, 1.807) is 11.8 Å². The van der Waals surface area contributed by atoms with Gasteiger partial charge in [-0.05, 0) is 19.4 Å². The smallest absolute Gasteiger partial charge is 0.248 e. The summed E-state index contributed by atoms with van der Waals surface area (Å²) >= 11 is 0. The minimum Gasteiger partial charge on any atom is -0.391 e. The molecule has 5 heteroatoms. The lowest BCUT2D eigenvalue weighted by Crippen LogP contribution is -2.50. The number of rotatable bonds is 5. The van der Waals surface area contributed by atoms with Gasteiger partial charge in [0.05, 0.1) is 19.3 Å². The van der Waals surface area contributed by atoms with Crippen LogP contribution < -0.4 is 0 Å². The topological polar surface area (TPSA) is 59.0 Å². The highest BCUT2D eigenvalue weighted by atomic mass is 16.5. The number of aliphatic hydroxyl groups is 1. The molecule has 2 rings (SSSR count). The molecule has 1 N–H and O–H groups in total. The van der Waals surface area contributed by atoms with Gasteiger partial charge in [0.2, 0.25) is 5.91 Å². The SMILES string of the molecule is Cc1ccc(COCC(=O)N2CCOC(C(C)O)C2)cc1. The zero-order valence-corrected chi connectivity index (χ0v) is 12.6. The zero-order valence-electron chi connectivity index (χ0n) is 12.6. The molecule has 116 valence electrons. The van der Waals surface area contributed by atoms with Crippen molar-refractivity contribution in [2.45, 2.75) is 32.7 Å². The third-order valence-corrected chi connectivity index (χ3v) is 3.60. The van der Waals surface area contributed by atoms with Gasteiger partial charge in [0.25, 0.3) is 0 Å². The molecule has 0 bridgehead atoms. The Kier molecular flexibility index (Phi) is 5.73. The molecule has 21 heavy (non-hydrogen) atoms. The molecule has 1 aliphatic rings. The van der Waals surface area contributed by atoms with Gasteiger partial charge in [0, 0.05) is 13.1 Å². The number of morpholine rings is 1. The van der Waals surface area contributed by atoms with E-state index in [0.29, 0.717) is 26.3 Å². The number of amides is 1. The Morgan fingerprint density at radius 3 is 2.86 bits per heavy atom. The van der Waals surface area contributed by atoms with Crippen molar-refractivity contribution in [2.24, 2.45) is 0 Å². The Labute approximate surface area is 125 Å². The van der Waals surface area contributed by atoms with E-state index in [0.717, 1.165) is 5.56 Å². The summed E-state index contributed by atoms with van der Waals surface area (Å²) in [6.45, 7) is 5.62. The van der Waals surface area contributed by atoms with Crippen LogP contribution >= 0.6 is 0 Å². The maximum atomic E-state index is 12.1. The van der Waals surface area contributed by atoms with Crippen LogP contribution in [0.15, 0.2) is 24.3 Å². The number of carbonyl (C=O) groups excluding carboxylic acids is 1. The van der Waals surface area contributed by atoms with Gasteiger partial charge in [-0.15, -0.1) is 0 Å². The monoisotopic (exact) mass is 293 g/mol. The lowest BCUT2D eigenvalue weighted by Gasteiger charge is -2.34. The third-order valence-electron chi connectivity index (χ3n) is 3.60. The number of aliphatic hydroxyl groups excluding tert-OH is 1. The molecule has 2 unspecified atom stereocenters. The number of hydrogen-bond acceptors (Lipinski definition) is 4. The quantitative estimate of drug-likeness (QED) is 0.884. The lowest BCUT2D eigenvalue weighted by molar-refractivity contribution is -0.148. The fourth-order valence-electron chi connectivity index (χ4n) is 2.23. The number of aryl methyl sites for hydroxylation is 1. The summed E-state index contributed by atoms with van der Waals surface area (Å²) in [7, 11) is 0. The number of hydrogen-bond donors (Lipinski definition) is 1. The zero-order chi connectivity index (χ0) is 15.2. The first kappa shape index (κ1) is 15.9. The van der Waals surface area contributed by atoms with E-state index in [1.165, 1.54) is 5.56 Å². The number of ether oxygens (including phenoxy) is 2. The van der Waals surface area contributed by atoms with Gasteiger partial charge in [-0.1, -0.05) is 29.8 Å². The average molecular weight is 293 g/mol. The molecule has 1 fully saturated rings. The van der Waals surface area contributed by atoms with Crippen molar-refractivity contribution in [3.8, 4) is 0 Å². The van der Waals surface area contributed by atoms with Gasteiger partial charge < -0.3 is 19.5 Å². The highest BCUT2D eigenvalue weighted by Gasteiger charge is 2.26. The Balaban J connectivity index is 1.75. The molecule has 1 heterocycles. The van der Waals surface area contributed by atoms with Gasteiger partial charge >= 0.3 is 0 Å².